The van der Waals surface area contributed by atoms with Crippen molar-refractivity contribution in [3.8, 4) is 0 Å². The van der Waals surface area contributed by atoms with Gasteiger partial charge in [-0.05, 0) is 29.3 Å². The van der Waals surface area contributed by atoms with E-state index >= 15 is 0 Å². The molecule has 9 heteroatoms. The van der Waals surface area contributed by atoms with Gasteiger partial charge in [-0.25, -0.2) is 4.79 Å². The summed E-state index contributed by atoms with van der Waals surface area (Å²) in [7, 11) is 0. The first-order valence-electron chi connectivity index (χ1n) is 14.5. The number of hydrogen-bond donors (Lipinski definition) is 3. The number of nitrogens with one attached hydrogen (secondary N) is 3. The van der Waals surface area contributed by atoms with Crippen LogP contribution in [0.15, 0.2) is 78.9 Å². The van der Waals surface area contributed by atoms with Crippen LogP contribution in [0.4, 0.5) is 16.2 Å². The lowest BCUT2D eigenvalue weighted by Crippen LogP contribution is -2.46. The molecule has 9 nitrogen and oxygen atoms in total. The van der Waals surface area contributed by atoms with Crippen molar-refractivity contribution in [2.75, 3.05) is 75.8 Å². The van der Waals surface area contributed by atoms with Crippen LogP contribution in [0.5, 0.6) is 0 Å². The highest BCUT2D eigenvalue weighted by Gasteiger charge is 2.23. The van der Waals surface area contributed by atoms with E-state index in [0.29, 0.717) is 24.3 Å². The van der Waals surface area contributed by atoms with E-state index in [1.807, 2.05) is 48.5 Å². The Bertz CT molecular complexity index is 1260. The predicted octanol–water partition coefficient (Wildman–Crippen LogP) is 3.39. The molecule has 3 amide bonds. The normalized spacial score (nSPS) is 16.2. The number of piperazine rings is 1. The first-order chi connectivity index (χ1) is 20.1. The Labute approximate surface area is 242 Å². The molecule has 3 N–H and O–H groups in total. The SMILES string of the molecule is O=C(NCc1ccccc1)Nc1ccc(N2CCN(Cc3ccccc3)CC2)c(C(=O)NCCN2CCOCC2)c1. The van der Waals surface area contributed by atoms with Gasteiger partial charge in [0.15, 0.2) is 0 Å². The van der Waals surface area contributed by atoms with E-state index < -0.39 is 0 Å². The van der Waals surface area contributed by atoms with Gasteiger partial charge in [-0.3, -0.25) is 14.6 Å². The second-order valence-electron chi connectivity index (χ2n) is 10.5. The molecule has 2 heterocycles. The van der Waals surface area contributed by atoms with Crippen LogP contribution in [0.25, 0.3) is 0 Å². The fourth-order valence-corrected chi connectivity index (χ4v) is 5.26. The van der Waals surface area contributed by atoms with Crippen molar-refractivity contribution in [2.24, 2.45) is 0 Å². The Hall–Kier alpha value is -3.92. The first kappa shape index (κ1) is 28.6. The van der Waals surface area contributed by atoms with E-state index in [2.05, 4.69) is 54.9 Å². The molecule has 0 spiro atoms. The van der Waals surface area contributed by atoms with Crippen LogP contribution >= 0.6 is 0 Å². The minimum absolute atomic E-state index is 0.131. The van der Waals surface area contributed by atoms with Crippen LogP contribution in [-0.2, 0) is 17.8 Å². The van der Waals surface area contributed by atoms with Crippen LogP contribution < -0.4 is 20.9 Å². The van der Waals surface area contributed by atoms with Crippen molar-refractivity contribution < 1.29 is 14.3 Å². The largest absolute Gasteiger partial charge is 0.379 e. The van der Waals surface area contributed by atoms with Gasteiger partial charge in [0.2, 0.25) is 0 Å². The summed E-state index contributed by atoms with van der Waals surface area (Å²) in [5.74, 6) is -0.131. The van der Waals surface area contributed by atoms with Gasteiger partial charge in [-0.2, -0.15) is 0 Å². The number of nitrogens with zero attached hydrogens (tertiary/aromatic N) is 3. The quantitative estimate of drug-likeness (QED) is 0.355. The summed E-state index contributed by atoms with van der Waals surface area (Å²) in [5.41, 5.74) is 4.38. The molecule has 0 radical (unpaired) electrons. The highest BCUT2D eigenvalue weighted by Crippen LogP contribution is 2.26. The molecule has 0 atom stereocenters. The van der Waals surface area contributed by atoms with E-state index in [4.69, 9.17) is 4.74 Å². The predicted molar refractivity (Wildman–Crippen MR) is 162 cm³/mol. The molecule has 0 bridgehead atoms. The topological polar surface area (TPSA) is 89.2 Å². The van der Waals surface area contributed by atoms with Crippen molar-refractivity contribution >= 4 is 23.3 Å². The monoisotopic (exact) mass is 556 g/mol. The first-order valence-corrected chi connectivity index (χ1v) is 14.5. The minimum Gasteiger partial charge on any atom is -0.379 e. The average Bonchev–Trinajstić information content (AvgIpc) is 3.02. The summed E-state index contributed by atoms with van der Waals surface area (Å²) in [6.45, 7) is 9.37. The maximum atomic E-state index is 13.5. The Morgan fingerprint density at radius 2 is 1.41 bits per heavy atom. The van der Waals surface area contributed by atoms with Gasteiger partial charge in [0.25, 0.3) is 5.91 Å². The number of carbonyl (C=O) groups is 2. The van der Waals surface area contributed by atoms with Crippen molar-refractivity contribution in [3.63, 3.8) is 0 Å². The van der Waals surface area contributed by atoms with Crippen LogP contribution in [0, 0.1) is 0 Å². The van der Waals surface area contributed by atoms with Gasteiger partial charge in [-0.15, -0.1) is 0 Å². The third kappa shape index (κ3) is 8.53. The van der Waals surface area contributed by atoms with Crippen molar-refractivity contribution in [1.82, 2.24) is 20.4 Å². The molecule has 0 saturated carbocycles. The molecular formula is C32H40N6O3. The molecule has 2 saturated heterocycles. The van der Waals surface area contributed by atoms with Gasteiger partial charge in [0, 0.05) is 76.8 Å². The third-order valence-electron chi connectivity index (χ3n) is 7.57. The fraction of sp³-hybridized carbons (Fsp3) is 0.375. The molecule has 2 aliphatic rings. The smallest absolute Gasteiger partial charge is 0.319 e. The van der Waals surface area contributed by atoms with Crippen LogP contribution in [0.3, 0.4) is 0 Å². The van der Waals surface area contributed by atoms with Gasteiger partial charge in [0.05, 0.1) is 18.8 Å². The molecule has 216 valence electrons. The maximum absolute atomic E-state index is 13.5. The van der Waals surface area contributed by atoms with E-state index in [0.717, 1.165) is 76.8 Å². The molecule has 3 aromatic rings. The number of benzene rings is 3. The second kappa shape index (κ2) is 14.6. The number of hydrogen-bond acceptors (Lipinski definition) is 6. The summed E-state index contributed by atoms with van der Waals surface area (Å²) < 4.78 is 5.43. The molecular weight excluding hydrogens is 516 g/mol. The number of carbonyl (C=O) groups excluding carboxylic acids is 2. The highest BCUT2D eigenvalue weighted by atomic mass is 16.5. The molecule has 0 unspecified atom stereocenters. The number of morpholine rings is 1. The van der Waals surface area contributed by atoms with Gasteiger partial charge in [-0.1, -0.05) is 60.7 Å². The molecule has 5 rings (SSSR count). The molecule has 2 aliphatic heterocycles. The standard InChI is InChI=1S/C32H40N6O3/c39-31(33-13-14-36-19-21-41-22-20-36)29-23-28(35-32(40)34-24-26-7-3-1-4-8-26)11-12-30(29)38-17-15-37(16-18-38)25-27-9-5-2-6-10-27/h1-12,23H,13-22,24-25H2,(H,33,39)(H2,34,35,40). The number of anilines is 2. The fourth-order valence-electron chi connectivity index (χ4n) is 5.26. The zero-order chi connectivity index (χ0) is 28.3. The van der Waals surface area contributed by atoms with Crippen LogP contribution in [-0.4, -0.2) is 87.3 Å². The lowest BCUT2D eigenvalue weighted by Gasteiger charge is -2.37. The summed E-state index contributed by atoms with van der Waals surface area (Å²) in [5, 5.41) is 8.90. The summed E-state index contributed by atoms with van der Waals surface area (Å²) >= 11 is 0. The Kier molecular flexibility index (Phi) is 10.2. The number of urea groups is 1. The molecule has 41 heavy (non-hydrogen) atoms. The zero-order valence-corrected chi connectivity index (χ0v) is 23.6. The minimum atomic E-state index is -0.310. The Balaban J connectivity index is 1.23. The van der Waals surface area contributed by atoms with Gasteiger partial charge < -0.3 is 25.6 Å². The lowest BCUT2D eigenvalue weighted by atomic mass is 10.1. The van der Waals surface area contributed by atoms with E-state index in [1.165, 1.54) is 5.56 Å². The van der Waals surface area contributed by atoms with Gasteiger partial charge >= 0.3 is 6.03 Å². The number of rotatable bonds is 10. The Morgan fingerprint density at radius 1 is 0.732 bits per heavy atom. The number of amides is 3. The van der Waals surface area contributed by atoms with E-state index in [1.54, 1.807) is 6.07 Å². The zero-order valence-electron chi connectivity index (χ0n) is 23.6. The average molecular weight is 557 g/mol. The van der Waals surface area contributed by atoms with Gasteiger partial charge in [0.1, 0.15) is 0 Å². The maximum Gasteiger partial charge on any atom is 0.319 e. The summed E-state index contributed by atoms with van der Waals surface area (Å²) in [4.78, 5) is 33.1. The van der Waals surface area contributed by atoms with Crippen LogP contribution in [0.1, 0.15) is 21.5 Å². The second-order valence-corrected chi connectivity index (χ2v) is 10.5. The molecule has 2 fully saturated rings. The highest BCUT2D eigenvalue weighted by molar-refractivity contribution is 6.02. The van der Waals surface area contributed by atoms with E-state index in [9.17, 15) is 9.59 Å². The number of ether oxygens (including phenoxy) is 1. The van der Waals surface area contributed by atoms with Crippen molar-refractivity contribution in [3.05, 3.63) is 95.6 Å². The molecule has 3 aromatic carbocycles. The van der Waals surface area contributed by atoms with E-state index in [-0.39, 0.29) is 11.9 Å². The van der Waals surface area contributed by atoms with Crippen LogP contribution in [0.2, 0.25) is 0 Å². The third-order valence-corrected chi connectivity index (χ3v) is 7.57. The molecule has 0 aliphatic carbocycles. The van der Waals surface area contributed by atoms with Crippen molar-refractivity contribution in [1.29, 1.82) is 0 Å². The van der Waals surface area contributed by atoms with Crippen molar-refractivity contribution in [2.45, 2.75) is 13.1 Å². The summed E-state index contributed by atoms with van der Waals surface area (Å²) in [6.07, 6.45) is 0. The molecule has 0 aromatic heterocycles. The summed E-state index contributed by atoms with van der Waals surface area (Å²) in [6, 6.07) is 25.6. The Morgan fingerprint density at radius 3 is 2.12 bits per heavy atom. The lowest BCUT2D eigenvalue weighted by molar-refractivity contribution is 0.0383.